The Kier molecular flexibility index (Phi) is 66.2. The largest absolute Gasteiger partial charge is 0.505 e. The van der Waals surface area contributed by atoms with E-state index in [-0.39, 0.29) is 42.9 Å². The second-order valence-electron chi connectivity index (χ2n) is 0.838. The van der Waals surface area contributed by atoms with Crippen LogP contribution in [-0.2, 0) is 4.74 Å². The van der Waals surface area contributed by atoms with Crippen LogP contribution in [-0.4, -0.2) is 29.6 Å². The molecule has 0 atom stereocenters. The molecular formula is C7H22O4. The number of carboxylic acid groups (broad SMARTS) is 1. The van der Waals surface area contributed by atoms with Gasteiger partial charge in [0, 0.05) is 0 Å². The van der Waals surface area contributed by atoms with Gasteiger partial charge in [0.2, 0.25) is 0 Å². The summed E-state index contributed by atoms with van der Waals surface area (Å²) in [6.07, 6.45) is -1.35. The average molecular weight is 170 g/mol. The molecule has 0 radical (unpaired) electrons. The van der Waals surface area contributed by atoms with Gasteiger partial charge in [-0.3, -0.25) is 0 Å². The highest BCUT2D eigenvalue weighted by Crippen LogP contribution is 1.71. The van der Waals surface area contributed by atoms with Crippen molar-refractivity contribution < 1.29 is 19.7 Å². The fourth-order valence-electron chi connectivity index (χ4n) is 0.133. The van der Waals surface area contributed by atoms with Crippen molar-refractivity contribution in [3.63, 3.8) is 0 Å². The molecule has 0 aromatic heterocycles. The first-order chi connectivity index (χ1) is 3.27. The summed E-state index contributed by atoms with van der Waals surface area (Å²) < 4.78 is 3.86. The number of ether oxygens (including phenoxy) is 1. The molecular weight excluding hydrogens is 148 g/mol. The third kappa shape index (κ3) is 46.2. The van der Waals surface area contributed by atoms with E-state index in [1.807, 2.05) is 0 Å². The van der Waals surface area contributed by atoms with Gasteiger partial charge in [-0.15, -0.1) is 0 Å². The Bertz CT molecular complexity index is 63.5. The molecule has 0 saturated carbocycles. The van der Waals surface area contributed by atoms with Crippen molar-refractivity contribution in [3.05, 3.63) is 0 Å². The minimum absolute atomic E-state index is 0. The average Bonchev–Trinajstić information content (AvgIpc) is 1.61. The molecule has 0 spiro atoms. The maximum atomic E-state index is 9.42. The van der Waals surface area contributed by atoms with Crippen LogP contribution in [0.5, 0.6) is 0 Å². The number of hydrogen-bond donors (Lipinski definition) is 2. The lowest BCUT2D eigenvalue weighted by Crippen LogP contribution is -2.04. The zero-order valence-electron chi connectivity index (χ0n) is 3.63. The minimum Gasteiger partial charge on any atom is -0.450 e. The molecule has 0 amide bonds. The SMILES string of the molecule is C.C.C.C.O=C(O)OCCO. The molecule has 0 rings (SSSR count). The highest BCUT2D eigenvalue weighted by molar-refractivity contribution is 5.56. The molecule has 0 heterocycles. The second-order valence-corrected chi connectivity index (χ2v) is 0.838. The fourth-order valence-corrected chi connectivity index (χ4v) is 0.133. The number of rotatable bonds is 2. The maximum Gasteiger partial charge on any atom is 0.505 e. The third-order valence-corrected chi connectivity index (χ3v) is 0.317. The van der Waals surface area contributed by atoms with Gasteiger partial charge in [0.05, 0.1) is 6.61 Å². The molecule has 0 aromatic rings. The van der Waals surface area contributed by atoms with Gasteiger partial charge in [-0.1, -0.05) is 29.7 Å². The van der Waals surface area contributed by atoms with Gasteiger partial charge in [-0.2, -0.15) is 0 Å². The molecule has 4 nitrogen and oxygen atoms in total. The number of hydrogen-bond acceptors (Lipinski definition) is 3. The van der Waals surface area contributed by atoms with Gasteiger partial charge in [0.1, 0.15) is 6.61 Å². The van der Waals surface area contributed by atoms with E-state index < -0.39 is 6.16 Å². The van der Waals surface area contributed by atoms with Crippen LogP contribution >= 0.6 is 0 Å². The van der Waals surface area contributed by atoms with Gasteiger partial charge in [0.15, 0.2) is 0 Å². The molecule has 0 aromatic carbocycles. The van der Waals surface area contributed by atoms with Gasteiger partial charge in [-0.25, -0.2) is 4.79 Å². The van der Waals surface area contributed by atoms with Crippen molar-refractivity contribution in [1.29, 1.82) is 0 Å². The zero-order chi connectivity index (χ0) is 5.70. The minimum atomic E-state index is -1.35. The van der Waals surface area contributed by atoms with Crippen molar-refractivity contribution in [2.24, 2.45) is 0 Å². The summed E-state index contributed by atoms with van der Waals surface area (Å²) in [6.45, 7) is -0.401. The van der Waals surface area contributed by atoms with E-state index in [1.54, 1.807) is 0 Å². The highest BCUT2D eigenvalue weighted by Gasteiger charge is 1.90. The molecule has 0 unspecified atom stereocenters. The Morgan fingerprint density at radius 1 is 1.18 bits per heavy atom. The fraction of sp³-hybridized carbons (Fsp3) is 0.857. The summed E-state index contributed by atoms with van der Waals surface area (Å²) in [4.78, 5) is 9.42. The Balaban J connectivity index is -0.0000000300. The predicted molar refractivity (Wildman–Crippen MR) is 48.0 cm³/mol. The first kappa shape index (κ1) is 31.9. The van der Waals surface area contributed by atoms with Crippen molar-refractivity contribution in [2.45, 2.75) is 29.7 Å². The molecule has 0 bridgehead atoms. The van der Waals surface area contributed by atoms with E-state index in [1.165, 1.54) is 0 Å². The molecule has 0 fully saturated rings. The number of carbonyl (C=O) groups is 1. The summed E-state index contributed by atoms with van der Waals surface area (Å²) in [5.74, 6) is 0. The van der Waals surface area contributed by atoms with Crippen LogP contribution in [0.15, 0.2) is 0 Å². The van der Waals surface area contributed by atoms with Crippen LogP contribution < -0.4 is 0 Å². The Morgan fingerprint density at radius 2 is 1.55 bits per heavy atom. The van der Waals surface area contributed by atoms with Crippen LogP contribution in [0.3, 0.4) is 0 Å². The van der Waals surface area contributed by atoms with Gasteiger partial charge >= 0.3 is 6.16 Å². The van der Waals surface area contributed by atoms with Crippen molar-refractivity contribution in [3.8, 4) is 0 Å². The van der Waals surface area contributed by atoms with Crippen LogP contribution in [0.4, 0.5) is 4.79 Å². The number of aliphatic hydroxyl groups is 1. The van der Waals surface area contributed by atoms with Gasteiger partial charge < -0.3 is 14.9 Å². The summed E-state index contributed by atoms with van der Waals surface area (Å²) in [7, 11) is 0. The Labute approximate surface area is 69.8 Å². The maximum absolute atomic E-state index is 9.42. The summed E-state index contributed by atoms with van der Waals surface area (Å²) >= 11 is 0. The molecule has 0 aliphatic carbocycles. The van der Waals surface area contributed by atoms with Crippen molar-refractivity contribution in [2.75, 3.05) is 13.2 Å². The molecule has 0 aliphatic rings. The van der Waals surface area contributed by atoms with Crippen LogP contribution in [0.25, 0.3) is 0 Å². The smallest absolute Gasteiger partial charge is 0.450 e. The molecule has 74 valence electrons. The number of aliphatic hydroxyl groups excluding tert-OH is 1. The monoisotopic (exact) mass is 170 g/mol. The quantitative estimate of drug-likeness (QED) is 0.623. The standard InChI is InChI=1S/C3H6O4.4CH4/c4-1-2-7-3(5)6;;;;/h4H,1-2H2,(H,5,6);4*1H4. The first-order valence-corrected chi connectivity index (χ1v) is 1.74. The van der Waals surface area contributed by atoms with E-state index in [2.05, 4.69) is 4.74 Å². The van der Waals surface area contributed by atoms with Gasteiger partial charge in [0.25, 0.3) is 0 Å². The van der Waals surface area contributed by atoms with E-state index in [0.717, 1.165) is 0 Å². The van der Waals surface area contributed by atoms with E-state index in [9.17, 15) is 4.79 Å². The zero-order valence-corrected chi connectivity index (χ0v) is 3.63. The van der Waals surface area contributed by atoms with Crippen LogP contribution in [0, 0.1) is 0 Å². The Morgan fingerprint density at radius 3 is 1.64 bits per heavy atom. The summed E-state index contributed by atoms with van der Waals surface area (Å²) in [5, 5.41) is 15.6. The summed E-state index contributed by atoms with van der Waals surface area (Å²) in [6, 6.07) is 0. The molecule has 0 aliphatic heterocycles. The second kappa shape index (κ2) is 22.9. The van der Waals surface area contributed by atoms with E-state index in [4.69, 9.17) is 10.2 Å². The first-order valence-electron chi connectivity index (χ1n) is 1.74. The topological polar surface area (TPSA) is 66.8 Å². The highest BCUT2D eigenvalue weighted by atomic mass is 16.7. The lowest BCUT2D eigenvalue weighted by atomic mass is 10.8. The predicted octanol–water partition coefficient (Wildman–Crippen LogP) is 2.22. The van der Waals surface area contributed by atoms with E-state index in [0.29, 0.717) is 0 Å². The molecule has 2 N–H and O–H groups in total. The van der Waals surface area contributed by atoms with Crippen molar-refractivity contribution >= 4 is 6.16 Å². The molecule has 0 saturated heterocycles. The third-order valence-electron chi connectivity index (χ3n) is 0.317. The molecule has 4 heteroatoms. The summed E-state index contributed by atoms with van der Waals surface area (Å²) in [5.41, 5.74) is 0. The normalized spacial score (nSPS) is 5.18. The molecule has 11 heavy (non-hydrogen) atoms. The van der Waals surface area contributed by atoms with Gasteiger partial charge in [-0.05, 0) is 0 Å². The lowest BCUT2D eigenvalue weighted by molar-refractivity contribution is 0.0743. The Hall–Kier alpha value is -0.770. The van der Waals surface area contributed by atoms with Crippen LogP contribution in [0.2, 0.25) is 0 Å². The van der Waals surface area contributed by atoms with E-state index >= 15 is 0 Å². The van der Waals surface area contributed by atoms with Crippen LogP contribution in [0.1, 0.15) is 29.7 Å². The lowest BCUT2D eigenvalue weighted by Gasteiger charge is -1.91. The van der Waals surface area contributed by atoms with Crippen molar-refractivity contribution in [1.82, 2.24) is 0 Å².